The fourth-order valence-corrected chi connectivity index (χ4v) is 4.94. The maximum Gasteiger partial charge on any atom is 0.573 e. The van der Waals surface area contributed by atoms with Gasteiger partial charge in [-0.15, -0.1) is 19.8 Å². The highest BCUT2D eigenvalue weighted by atomic mass is 19.4. The van der Waals surface area contributed by atoms with Crippen LogP contribution in [0, 0.1) is 29.1 Å². The topological polar surface area (TPSA) is 18.5 Å². The largest absolute Gasteiger partial charge is 0.573 e. The van der Waals surface area contributed by atoms with Crippen molar-refractivity contribution in [2.75, 3.05) is 0 Å². The molecule has 0 bridgehead atoms. The molecule has 0 aliphatic rings. The zero-order valence-corrected chi connectivity index (χ0v) is 24.5. The molecule has 0 saturated carbocycles. The average molecular weight is 677 g/mol. The first kappa shape index (κ1) is 34.1. The number of hydrogen-bond acceptors (Lipinski definition) is 2. The Morgan fingerprint density at radius 1 is 0.542 bits per heavy atom. The van der Waals surface area contributed by atoms with Gasteiger partial charge in [0.1, 0.15) is 34.6 Å². The van der Waals surface area contributed by atoms with Crippen LogP contribution in [0.2, 0.25) is 0 Å². The quantitative estimate of drug-likeness (QED) is 0.108. The van der Waals surface area contributed by atoms with E-state index in [-0.39, 0.29) is 27.8 Å². The van der Waals surface area contributed by atoms with Crippen molar-refractivity contribution in [3.05, 3.63) is 144 Å². The van der Waals surface area contributed by atoms with E-state index in [0.29, 0.717) is 30.2 Å². The molecule has 0 spiro atoms. The van der Waals surface area contributed by atoms with Gasteiger partial charge in [0.2, 0.25) is 0 Å². The monoisotopic (exact) mass is 676 g/mol. The molecule has 0 atom stereocenters. The highest BCUT2D eigenvalue weighted by molar-refractivity contribution is 5.72. The van der Waals surface area contributed by atoms with Crippen molar-refractivity contribution in [2.24, 2.45) is 0 Å². The molecule has 0 saturated heterocycles. The van der Waals surface area contributed by atoms with E-state index in [9.17, 15) is 30.7 Å². The Labute approximate surface area is 267 Å². The van der Waals surface area contributed by atoms with Gasteiger partial charge < -0.3 is 9.47 Å². The summed E-state index contributed by atoms with van der Waals surface area (Å²) in [5, 5.41) is 0. The second-order valence-electron chi connectivity index (χ2n) is 10.5. The lowest BCUT2D eigenvalue weighted by atomic mass is 9.99. The van der Waals surface area contributed by atoms with E-state index >= 15 is 13.2 Å². The number of ether oxygens (including phenoxy) is 2. The molecule has 48 heavy (non-hydrogen) atoms. The summed E-state index contributed by atoms with van der Waals surface area (Å²) in [7, 11) is 0. The van der Waals surface area contributed by atoms with Crippen LogP contribution in [0.15, 0.2) is 104 Å². The molecular formula is C36H22F10O2. The Balaban J connectivity index is 1.34. The van der Waals surface area contributed by atoms with Crippen molar-refractivity contribution in [3.63, 3.8) is 0 Å². The lowest BCUT2D eigenvalue weighted by Crippen LogP contribution is -2.25. The smallest absolute Gasteiger partial charge is 0.429 e. The first-order valence-electron chi connectivity index (χ1n) is 14.1. The van der Waals surface area contributed by atoms with Gasteiger partial charge in [0.15, 0.2) is 11.6 Å². The van der Waals surface area contributed by atoms with Gasteiger partial charge in [-0.3, -0.25) is 0 Å². The lowest BCUT2D eigenvalue weighted by Gasteiger charge is -2.20. The molecule has 0 unspecified atom stereocenters. The third-order valence-corrected chi connectivity index (χ3v) is 7.19. The van der Waals surface area contributed by atoms with Crippen LogP contribution in [0.1, 0.15) is 17.5 Å². The number of aryl methyl sites for hydroxylation is 1. The molecule has 0 amide bonds. The van der Waals surface area contributed by atoms with Crippen molar-refractivity contribution in [3.8, 4) is 44.9 Å². The lowest BCUT2D eigenvalue weighted by molar-refractivity contribution is -0.275. The molecule has 5 aromatic rings. The van der Waals surface area contributed by atoms with Crippen molar-refractivity contribution in [1.82, 2.24) is 0 Å². The Kier molecular flexibility index (Phi) is 9.56. The second-order valence-corrected chi connectivity index (χ2v) is 10.5. The molecule has 248 valence electrons. The maximum atomic E-state index is 15.0. The average Bonchev–Trinajstić information content (AvgIpc) is 3.00. The first-order valence-corrected chi connectivity index (χ1v) is 14.1. The molecule has 12 heteroatoms. The molecule has 0 aliphatic carbocycles. The third kappa shape index (κ3) is 7.64. The van der Waals surface area contributed by atoms with Gasteiger partial charge in [0.25, 0.3) is 0 Å². The molecule has 2 nitrogen and oxygen atoms in total. The van der Waals surface area contributed by atoms with Gasteiger partial charge in [-0.2, -0.15) is 8.78 Å². The van der Waals surface area contributed by atoms with Crippen molar-refractivity contribution >= 4 is 0 Å². The van der Waals surface area contributed by atoms with Crippen molar-refractivity contribution < 1.29 is 53.4 Å². The number of alkyl halides is 5. The fraction of sp³-hybridized carbons (Fsp3) is 0.111. The minimum absolute atomic E-state index is 0.00564. The number of hydrogen-bond donors (Lipinski definition) is 0. The van der Waals surface area contributed by atoms with Crippen LogP contribution in [-0.2, 0) is 12.5 Å². The van der Waals surface area contributed by atoms with E-state index in [0.717, 1.165) is 54.4 Å². The first-order chi connectivity index (χ1) is 22.6. The molecule has 0 heterocycles. The molecule has 5 rings (SSSR count). The molecule has 0 fully saturated rings. The zero-order valence-electron chi connectivity index (χ0n) is 24.5. The summed E-state index contributed by atoms with van der Waals surface area (Å²) in [5.41, 5.74) is -1.13. The van der Waals surface area contributed by atoms with E-state index < -0.39 is 58.6 Å². The Bertz CT molecular complexity index is 1940. The maximum absolute atomic E-state index is 15.0. The van der Waals surface area contributed by atoms with Crippen LogP contribution in [0.4, 0.5) is 43.9 Å². The number of rotatable bonds is 10. The van der Waals surface area contributed by atoms with Crippen LogP contribution in [0.5, 0.6) is 11.5 Å². The summed E-state index contributed by atoms with van der Waals surface area (Å²) in [6.07, 6.45) is -6.55. The molecule has 0 aliphatic heterocycles. The van der Waals surface area contributed by atoms with Crippen molar-refractivity contribution in [2.45, 2.75) is 25.3 Å². The third-order valence-electron chi connectivity index (χ3n) is 7.19. The van der Waals surface area contributed by atoms with Gasteiger partial charge in [-0.1, -0.05) is 48.5 Å². The summed E-state index contributed by atoms with van der Waals surface area (Å²) in [6, 6.07) is 15.9. The van der Waals surface area contributed by atoms with Gasteiger partial charge >= 0.3 is 12.5 Å². The summed E-state index contributed by atoms with van der Waals surface area (Å²) < 4.78 is 149. The predicted molar refractivity (Wildman–Crippen MR) is 159 cm³/mol. The SMILES string of the molecule is C=CCCc1ccc(-c2cc(F)c(C(F)(F)Oc3ccc(-c4ccc(-c5ccc(OC(F)(F)F)c(F)c5)c(F)c4)c(F)c3)c(F)c2)cc1. The molecule has 0 radical (unpaired) electrons. The molecule has 5 aromatic carbocycles. The Morgan fingerprint density at radius 3 is 1.60 bits per heavy atom. The minimum atomic E-state index is -5.15. The van der Waals surface area contributed by atoms with Gasteiger partial charge in [-0.25, -0.2) is 22.0 Å². The van der Waals surface area contributed by atoms with Gasteiger partial charge in [0.05, 0.1) is 0 Å². The van der Waals surface area contributed by atoms with E-state index in [4.69, 9.17) is 0 Å². The molecular weight excluding hydrogens is 654 g/mol. The summed E-state index contributed by atoms with van der Waals surface area (Å²) >= 11 is 0. The number of allylic oxidation sites excluding steroid dienone is 1. The number of benzene rings is 5. The Morgan fingerprint density at radius 2 is 1.06 bits per heavy atom. The summed E-state index contributed by atoms with van der Waals surface area (Å²) in [4.78, 5) is 0. The minimum Gasteiger partial charge on any atom is -0.429 e. The predicted octanol–water partition coefficient (Wildman–Crippen LogP) is 11.5. The van der Waals surface area contributed by atoms with Crippen LogP contribution in [-0.4, -0.2) is 6.36 Å². The summed E-state index contributed by atoms with van der Waals surface area (Å²) in [6.45, 7) is 3.64. The van der Waals surface area contributed by atoms with Crippen LogP contribution < -0.4 is 9.47 Å². The highest BCUT2D eigenvalue weighted by Gasteiger charge is 2.41. The highest BCUT2D eigenvalue weighted by Crippen LogP contribution is 2.39. The van der Waals surface area contributed by atoms with Gasteiger partial charge in [0, 0.05) is 17.2 Å². The zero-order chi connectivity index (χ0) is 34.8. The van der Waals surface area contributed by atoms with E-state index in [1.165, 1.54) is 6.07 Å². The van der Waals surface area contributed by atoms with Gasteiger partial charge in [-0.05, 0) is 83.1 Å². The standard InChI is InChI=1S/C36H22F10O2/c1-2-3-4-20-5-7-21(8-6-20)24-17-31(40)34(32(41)18-24)35(42,43)47-25-11-13-27(29(38)19-25)22-9-12-26(28(37)15-22)23-10-14-33(30(39)16-23)48-36(44,45)46/h2,5-19H,1,3-4H2. The van der Waals surface area contributed by atoms with Crippen molar-refractivity contribution in [1.29, 1.82) is 0 Å². The van der Waals surface area contributed by atoms with Crippen LogP contribution in [0.25, 0.3) is 33.4 Å². The van der Waals surface area contributed by atoms with E-state index in [2.05, 4.69) is 16.1 Å². The fourth-order valence-electron chi connectivity index (χ4n) is 4.94. The second kappa shape index (κ2) is 13.5. The van der Waals surface area contributed by atoms with Crippen LogP contribution >= 0.6 is 0 Å². The molecule has 0 aromatic heterocycles. The normalized spacial score (nSPS) is 11.8. The van der Waals surface area contributed by atoms with Crippen LogP contribution in [0.3, 0.4) is 0 Å². The van der Waals surface area contributed by atoms with E-state index in [1.54, 1.807) is 30.3 Å². The Hall–Kier alpha value is -5.26. The van der Waals surface area contributed by atoms with E-state index in [1.807, 2.05) is 0 Å². The summed E-state index contributed by atoms with van der Waals surface area (Å²) in [5.74, 6) is -8.70. The molecule has 0 N–H and O–H groups in total. The number of halogens is 10.